The molecular weight excluding hydrogens is 336 g/mol. The van der Waals surface area contributed by atoms with Crippen molar-refractivity contribution in [2.24, 2.45) is 17.8 Å². The SMILES string of the molecule is CC(C)C(C(=O)N1C[C@H]2CN(CC3CCCCO3)C[C@H]2C1)c1ccccc1. The summed E-state index contributed by atoms with van der Waals surface area (Å²) in [5.74, 6) is 1.91. The molecule has 1 amide bonds. The highest BCUT2D eigenvalue weighted by Crippen LogP contribution is 2.35. The van der Waals surface area contributed by atoms with Gasteiger partial charge in [-0.2, -0.15) is 0 Å². The van der Waals surface area contributed by atoms with Crippen molar-refractivity contribution in [3.63, 3.8) is 0 Å². The number of carbonyl (C=O) groups is 1. The summed E-state index contributed by atoms with van der Waals surface area (Å²) in [5.41, 5.74) is 1.16. The van der Waals surface area contributed by atoms with Gasteiger partial charge in [0.25, 0.3) is 0 Å². The van der Waals surface area contributed by atoms with Gasteiger partial charge < -0.3 is 14.5 Å². The average Bonchev–Trinajstić information content (AvgIpc) is 3.22. The summed E-state index contributed by atoms with van der Waals surface area (Å²) >= 11 is 0. The second-order valence-corrected chi connectivity index (χ2v) is 9.10. The number of hydrogen-bond donors (Lipinski definition) is 0. The van der Waals surface area contributed by atoms with Crippen molar-refractivity contribution in [1.82, 2.24) is 9.80 Å². The number of ether oxygens (including phenoxy) is 1. The lowest BCUT2D eigenvalue weighted by molar-refractivity contribution is -0.133. The number of benzene rings is 1. The molecule has 0 aromatic heterocycles. The molecule has 3 fully saturated rings. The minimum absolute atomic E-state index is 0.0169. The fourth-order valence-electron chi connectivity index (χ4n) is 5.33. The highest BCUT2D eigenvalue weighted by molar-refractivity contribution is 5.84. The topological polar surface area (TPSA) is 32.8 Å². The van der Waals surface area contributed by atoms with Gasteiger partial charge in [0, 0.05) is 39.3 Å². The fourth-order valence-corrected chi connectivity index (χ4v) is 5.33. The summed E-state index contributed by atoms with van der Waals surface area (Å²) in [5, 5.41) is 0. The Morgan fingerprint density at radius 1 is 1.07 bits per heavy atom. The van der Waals surface area contributed by atoms with E-state index in [1.165, 1.54) is 19.3 Å². The average molecular weight is 371 g/mol. The van der Waals surface area contributed by atoms with E-state index in [1.54, 1.807) is 0 Å². The molecule has 3 aliphatic rings. The molecule has 27 heavy (non-hydrogen) atoms. The number of fused-ring (bicyclic) bond motifs is 1. The molecule has 1 aromatic rings. The van der Waals surface area contributed by atoms with Crippen molar-refractivity contribution in [2.75, 3.05) is 39.3 Å². The van der Waals surface area contributed by atoms with E-state index in [9.17, 15) is 4.79 Å². The normalized spacial score (nSPS) is 29.9. The Bertz CT molecular complexity index is 613. The van der Waals surface area contributed by atoms with E-state index in [-0.39, 0.29) is 5.92 Å². The van der Waals surface area contributed by atoms with Gasteiger partial charge in [0.2, 0.25) is 5.91 Å². The van der Waals surface area contributed by atoms with E-state index >= 15 is 0 Å². The molecule has 0 spiro atoms. The zero-order chi connectivity index (χ0) is 18.8. The molecule has 2 unspecified atom stereocenters. The molecule has 0 saturated carbocycles. The minimum atomic E-state index is -0.0169. The number of likely N-dealkylation sites (tertiary alicyclic amines) is 2. The fraction of sp³-hybridized carbons (Fsp3) is 0.696. The standard InChI is InChI=1S/C23H34N2O2/c1-17(2)22(18-8-4-3-5-9-18)23(26)25-14-19-12-24(13-20(19)15-25)16-21-10-6-7-11-27-21/h3-5,8-9,17,19-22H,6-7,10-16H2,1-2H3/t19-,20+,21?,22?. The first-order valence-electron chi connectivity index (χ1n) is 10.8. The molecule has 3 heterocycles. The van der Waals surface area contributed by atoms with Gasteiger partial charge in [-0.25, -0.2) is 0 Å². The first kappa shape index (κ1) is 18.9. The Hall–Kier alpha value is -1.39. The molecular formula is C23H34N2O2. The summed E-state index contributed by atoms with van der Waals surface area (Å²) < 4.78 is 5.92. The number of rotatable bonds is 5. The molecule has 3 aliphatic heterocycles. The molecule has 0 bridgehead atoms. The highest BCUT2D eigenvalue weighted by Gasteiger charge is 2.43. The van der Waals surface area contributed by atoms with Crippen LogP contribution in [0.4, 0.5) is 0 Å². The number of carbonyl (C=O) groups excluding carboxylic acids is 1. The Morgan fingerprint density at radius 2 is 1.78 bits per heavy atom. The third-order valence-corrected chi connectivity index (χ3v) is 6.70. The zero-order valence-electron chi connectivity index (χ0n) is 16.8. The molecule has 4 nitrogen and oxygen atoms in total. The number of amides is 1. The summed E-state index contributed by atoms with van der Waals surface area (Å²) in [6.45, 7) is 10.5. The van der Waals surface area contributed by atoms with Crippen LogP contribution < -0.4 is 0 Å². The molecule has 0 N–H and O–H groups in total. The quantitative estimate of drug-likeness (QED) is 0.796. The zero-order valence-corrected chi connectivity index (χ0v) is 16.8. The highest BCUT2D eigenvalue weighted by atomic mass is 16.5. The Morgan fingerprint density at radius 3 is 2.37 bits per heavy atom. The molecule has 148 valence electrons. The van der Waals surface area contributed by atoms with Crippen LogP contribution in [0.15, 0.2) is 30.3 Å². The van der Waals surface area contributed by atoms with Crippen molar-refractivity contribution in [1.29, 1.82) is 0 Å². The molecule has 3 saturated heterocycles. The first-order chi connectivity index (χ1) is 13.1. The van der Waals surface area contributed by atoms with Gasteiger partial charge in [-0.1, -0.05) is 44.2 Å². The van der Waals surface area contributed by atoms with Crippen LogP contribution in [-0.4, -0.2) is 61.1 Å². The third-order valence-electron chi connectivity index (χ3n) is 6.70. The van der Waals surface area contributed by atoms with Gasteiger partial charge in [-0.15, -0.1) is 0 Å². The largest absolute Gasteiger partial charge is 0.377 e. The first-order valence-corrected chi connectivity index (χ1v) is 10.8. The van der Waals surface area contributed by atoms with Crippen LogP contribution in [0, 0.1) is 17.8 Å². The van der Waals surface area contributed by atoms with Crippen molar-refractivity contribution in [2.45, 2.75) is 45.1 Å². The minimum Gasteiger partial charge on any atom is -0.377 e. The Balaban J connectivity index is 1.34. The van der Waals surface area contributed by atoms with E-state index in [2.05, 4.69) is 35.8 Å². The van der Waals surface area contributed by atoms with Crippen LogP contribution >= 0.6 is 0 Å². The van der Waals surface area contributed by atoms with Crippen LogP contribution in [-0.2, 0) is 9.53 Å². The summed E-state index contributed by atoms with van der Waals surface area (Å²) in [6, 6.07) is 10.3. The van der Waals surface area contributed by atoms with Gasteiger partial charge in [-0.3, -0.25) is 4.79 Å². The van der Waals surface area contributed by atoms with Crippen LogP contribution in [0.3, 0.4) is 0 Å². The third kappa shape index (κ3) is 4.22. The monoisotopic (exact) mass is 370 g/mol. The summed E-state index contributed by atoms with van der Waals surface area (Å²) in [6.07, 6.45) is 4.17. The maximum Gasteiger partial charge on any atom is 0.230 e. The lowest BCUT2D eigenvalue weighted by Gasteiger charge is -2.30. The maximum atomic E-state index is 13.3. The van der Waals surface area contributed by atoms with E-state index in [0.29, 0.717) is 29.8 Å². The van der Waals surface area contributed by atoms with Crippen LogP contribution in [0.1, 0.15) is 44.6 Å². The van der Waals surface area contributed by atoms with E-state index in [4.69, 9.17) is 4.74 Å². The molecule has 4 rings (SSSR count). The van der Waals surface area contributed by atoms with Crippen LogP contribution in [0.5, 0.6) is 0 Å². The predicted octanol–water partition coefficient (Wildman–Crippen LogP) is 3.39. The van der Waals surface area contributed by atoms with E-state index in [0.717, 1.165) is 44.9 Å². The summed E-state index contributed by atoms with van der Waals surface area (Å²) in [7, 11) is 0. The Kier molecular flexibility index (Phi) is 5.84. The van der Waals surface area contributed by atoms with Gasteiger partial charge in [0.1, 0.15) is 0 Å². The van der Waals surface area contributed by atoms with Gasteiger partial charge in [0.05, 0.1) is 12.0 Å². The number of hydrogen-bond acceptors (Lipinski definition) is 3. The van der Waals surface area contributed by atoms with Crippen LogP contribution in [0.25, 0.3) is 0 Å². The van der Waals surface area contributed by atoms with E-state index in [1.807, 2.05) is 18.2 Å². The molecule has 1 aromatic carbocycles. The van der Waals surface area contributed by atoms with Crippen molar-refractivity contribution in [3.05, 3.63) is 35.9 Å². The lowest BCUT2D eigenvalue weighted by atomic mass is 9.87. The molecule has 4 atom stereocenters. The van der Waals surface area contributed by atoms with Crippen molar-refractivity contribution < 1.29 is 9.53 Å². The van der Waals surface area contributed by atoms with Crippen molar-refractivity contribution in [3.8, 4) is 0 Å². The van der Waals surface area contributed by atoms with Crippen LogP contribution in [0.2, 0.25) is 0 Å². The Labute approximate surface area is 163 Å². The van der Waals surface area contributed by atoms with Gasteiger partial charge in [-0.05, 0) is 42.6 Å². The van der Waals surface area contributed by atoms with Crippen molar-refractivity contribution >= 4 is 5.91 Å². The van der Waals surface area contributed by atoms with Gasteiger partial charge >= 0.3 is 0 Å². The number of nitrogens with zero attached hydrogens (tertiary/aromatic N) is 2. The smallest absolute Gasteiger partial charge is 0.230 e. The molecule has 0 aliphatic carbocycles. The maximum absolute atomic E-state index is 13.3. The summed E-state index contributed by atoms with van der Waals surface area (Å²) in [4.78, 5) is 18.1. The predicted molar refractivity (Wildman–Crippen MR) is 108 cm³/mol. The lowest BCUT2D eigenvalue weighted by Crippen LogP contribution is -2.39. The molecule has 4 heteroatoms. The van der Waals surface area contributed by atoms with Gasteiger partial charge in [0.15, 0.2) is 0 Å². The second-order valence-electron chi connectivity index (χ2n) is 9.10. The second kappa shape index (κ2) is 8.32. The van der Waals surface area contributed by atoms with E-state index < -0.39 is 0 Å². The molecule has 0 radical (unpaired) electrons.